The van der Waals surface area contributed by atoms with Crippen LogP contribution in [0.2, 0.25) is 0 Å². The summed E-state index contributed by atoms with van der Waals surface area (Å²) in [4.78, 5) is 0. The number of rotatable bonds is 4. The molecule has 1 heterocycles. The van der Waals surface area contributed by atoms with Crippen LogP contribution in [0.25, 0.3) is 16.3 Å². The molecule has 0 bridgehead atoms. The van der Waals surface area contributed by atoms with Crippen molar-refractivity contribution >= 4 is 51.3 Å². The monoisotopic (exact) mass is 464 g/mol. The molecule has 1 unspecified atom stereocenters. The van der Waals surface area contributed by atoms with E-state index in [1.807, 2.05) is 0 Å². The van der Waals surface area contributed by atoms with Gasteiger partial charge in [-0.25, -0.2) is 0 Å². The lowest BCUT2D eigenvalue weighted by molar-refractivity contribution is 0.690. The summed E-state index contributed by atoms with van der Waals surface area (Å²) in [5.41, 5.74) is 9.28. The predicted octanol–water partition coefficient (Wildman–Crippen LogP) is 3.47. The lowest BCUT2D eigenvalue weighted by atomic mass is 9.92. The molecule has 1 aliphatic heterocycles. The van der Waals surface area contributed by atoms with Crippen molar-refractivity contribution in [2.45, 2.75) is 0 Å². The summed E-state index contributed by atoms with van der Waals surface area (Å²) >= 11 is 0. The summed E-state index contributed by atoms with van der Waals surface area (Å²) < 4.78 is 4.53. The number of allylic oxidation sites excluding steroid dienone is 2. The van der Waals surface area contributed by atoms with Crippen LogP contribution in [0, 0.1) is 0 Å². The van der Waals surface area contributed by atoms with Crippen LogP contribution in [0.4, 0.5) is 0 Å². The molecule has 1 nitrogen and oxygen atoms in total. The fraction of sp³-hybridized carbons (Fsp3) is 0. The van der Waals surface area contributed by atoms with Crippen molar-refractivity contribution < 1.29 is 4.12 Å². The third kappa shape index (κ3) is 4.89. The van der Waals surface area contributed by atoms with Gasteiger partial charge in [-0.3, -0.25) is 0 Å². The summed E-state index contributed by atoms with van der Waals surface area (Å²) in [5, 5.41) is 2.98. The van der Waals surface area contributed by atoms with Gasteiger partial charge in [0.1, 0.15) is 29.8 Å². The van der Waals surface area contributed by atoms with Crippen molar-refractivity contribution in [3.8, 4) is 0 Å². The molecule has 4 heteroatoms. The molecule has 5 rings (SSSR count). The van der Waals surface area contributed by atoms with E-state index in [1.54, 1.807) is 0 Å². The molecular weight excluding hydrogens is 437 g/mol. The first-order valence-electron chi connectivity index (χ1n) is 10.9. The Morgan fingerprint density at radius 1 is 0.500 bits per heavy atom. The highest BCUT2D eigenvalue weighted by Crippen LogP contribution is 2.43. The molecule has 0 spiro atoms. The van der Waals surface area contributed by atoms with Gasteiger partial charge >= 0.3 is 0 Å². The molecule has 0 saturated carbocycles. The fourth-order valence-corrected chi connectivity index (χ4v) is 7.48. The van der Waals surface area contributed by atoms with Crippen LogP contribution < -0.4 is 5.19 Å². The van der Waals surface area contributed by atoms with E-state index in [-0.39, 0.29) is 0 Å². The smallest absolute Gasteiger partial charge is 0.129 e. The lowest BCUT2D eigenvalue weighted by Crippen LogP contribution is -2.28. The highest BCUT2D eigenvalue weighted by atomic mass is 28.3. The SMILES string of the molecule is C1=C(c2ccccc2)C(c2ccccc2)=C(c2ccccc2)[SiH]1c1ccccc1.[SiH3]O[SiH3]. The molecular formula is C28H28OSi3. The second-order valence-electron chi connectivity index (χ2n) is 7.76. The predicted molar refractivity (Wildman–Crippen MR) is 148 cm³/mol. The van der Waals surface area contributed by atoms with Gasteiger partial charge in [0.2, 0.25) is 0 Å². The zero-order valence-corrected chi connectivity index (χ0v) is 23.8. The molecule has 1 atom stereocenters. The minimum atomic E-state index is -1.52. The zero-order valence-electron chi connectivity index (χ0n) is 18.6. The number of benzene rings is 4. The Labute approximate surface area is 198 Å². The van der Waals surface area contributed by atoms with E-state index in [2.05, 4.69) is 131 Å². The second-order valence-corrected chi connectivity index (χ2v) is 13.6. The Kier molecular flexibility index (Phi) is 7.64. The summed E-state index contributed by atoms with van der Waals surface area (Å²) in [6.45, 7) is 0. The van der Waals surface area contributed by atoms with E-state index in [1.165, 1.54) is 38.2 Å². The summed E-state index contributed by atoms with van der Waals surface area (Å²) in [6, 6.07) is 43.7. The van der Waals surface area contributed by atoms with Crippen molar-refractivity contribution in [1.82, 2.24) is 0 Å². The summed E-state index contributed by atoms with van der Waals surface area (Å²) in [7, 11) is 0.342. The van der Waals surface area contributed by atoms with Crippen molar-refractivity contribution in [2.24, 2.45) is 0 Å². The molecule has 0 N–H and O–H groups in total. The highest BCUT2D eigenvalue weighted by molar-refractivity contribution is 6.98. The average molecular weight is 465 g/mol. The maximum absolute atomic E-state index is 4.53. The first-order valence-corrected chi connectivity index (χ1v) is 14.4. The van der Waals surface area contributed by atoms with E-state index in [4.69, 9.17) is 0 Å². The van der Waals surface area contributed by atoms with Crippen LogP contribution in [0.1, 0.15) is 16.7 Å². The molecule has 0 radical (unpaired) electrons. The van der Waals surface area contributed by atoms with Gasteiger partial charge in [-0.05, 0) is 33.0 Å². The van der Waals surface area contributed by atoms with E-state index < -0.39 is 8.80 Å². The lowest BCUT2D eigenvalue weighted by Gasteiger charge is -2.17. The normalized spacial score (nSPS) is 15.2. The van der Waals surface area contributed by atoms with Crippen LogP contribution >= 0.6 is 0 Å². The van der Waals surface area contributed by atoms with Crippen LogP contribution in [0.5, 0.6) is 0 Å². The highest BCUT2D eigenvalue weighted by Gasteiger charge is 2.31. The third-order valence-corrected chi connectivity index (χ3v) is 8.59. The van der Waals surface area contributed by atoms with Crippen molar-refractivity contribution in [3.05, 3.63) is 144 Å². The topological polar surface area (TPSA) is 9.23 Å². The van der Waals surface area contributed by atoms with Gasteiger partial charge in [-0.1, -0.05) is 132 Å². The van der Waals surface area contributed by atoms with Gasteiger partial charge in [0.15, 0.2) is 0 Å². The molecule has 0 amide bonds. The average Bonchev–Trinajstić information content (AvgIpc) is 3.27. The largest absolute Gasteiger partial charge is 0.471 e. The molecule has 0 fully saturated rings. The maximum Gasteiger partial charge on any atom is 0.129 e. The van der Waals surface area contributed by atoms with Gasteiger partial charge < -0.3 is 4.12 Å². The van der Waals surface area contributed by atoms with E-state index in [0.717, 1.165) is 21.0 Å². The summed E-state index contributed by atoms with van der Waals surface area (Å²) in [6.07, 6.45) is 0. The molecule has 32 heavy (non-hydrogen) atoms. The maximum atomic E-state index is 4.53. The standard InChI is InChI=1S/C28H22Si.H6OSi2/c1-5-13-22(14-6-1)26-21-29(25-19-11-4-12-20-25)28(24-17-9-3-10-18-24)27(26)23-15-7-2-8-16-23;2-1-3/h1-21,29H;2-3H3. The van der Waals surface area contributed by atoms with Crippen LogP contribution in [0.15, 0.2) is 127 Å². The minimum Gasteiger partial charge on any atom is -0.471 e. The van der Waals surface area contributed by atoms with Gasteiger partial charge in [-0.15, -0.1) is 0 Å². The van der Waals surface area contributed by atoms with Gasteiger partial charge in [0, 0.05) is 0 Å². The van der Waals surface area contributed by atoms with Crippen molar-refractivity contribution in [1.29, 1.82) is 0 Å². The van der Waals surface area contributed by atoms with Crippen molar-refractivity contribution in [3.63, 3.8) is 0 Å². The zero-order chi connectivity index (χ0) is 22.2. The van der Waals surface area contributed by atoms with Gasteiger partial charge in [0.25, 0.3) is 0 Å². The Hall–Kier alpha value is -3.03. The molecule has 1 aliphatic rings. The number of hydrogen-bond donors (Lipinski definition) is 0. The van der Waals surface area contributed by atoms with E-state index >= 15 is 0 Å². The van der Waals surface area contributed by atoms with E-state index in [0.29, 0.717) is 0 Å². The molecule has 0 aliphatic carbocycles. The van der Waals surface area contributed by atoms with Gasteiger partial charge in [0.05, 0.1) is 0 Å². The Morgan fingerprint density at radius 2 is 0.906 bits per heavy atom. The minimum absolute atomic E-state index is 0.931. The molecule has 158 valence electrons. The van der Waals surface area contributed by atoms with Crippen LogP contribution in [0.3, 0.4) is 0 Å². The van der Waals surface area contributed by atoms with Crippen molar-refractivity contribution in [2.75, 3.05) is 0 Å². The molecule has 4 aromatic carbocycles. The van der Waals surface area contributed by atoms with Crippen LogP contribution in [-0.2, 0) is 4.12 Å². The number of hydrogen-bond acceptors (Lipinski definition) is 1. The fourth-order valence-electron chi connectivity index (χ4n) is 4.27. The Balaban J connectivity index is 0.000000775. The van der Waals surface area contributed by atoms with Gasteiger partial charge in [-0.2, -0.15) is 0 Å². The first kappa shape index (κ1) is 22.2. The second kappa shape index (κ2) is 11.0. The Morgan fingerprint density at radius 3 is 1.41 bits per heavy atom. The summed E-state index contributed by atoms with van der Waals surface area (Å²) in [5.74, 6) is 0. The first-order chi connectivity index (χ1) is 15.8. The molecule has 0 aromatic heterocycles. The molecule has 4 aromatic rings. The quantitative estimate of drug-likeness (QED) is 0.420. The van der Waals surface area contributed by atoms with Crippen LogP contribution in [-0.4, -0.2) is 29.8 Å². The Bertz CT molecular complexity index is 1190. The third-order valence-electron chi connectivity index (χ3n) is 5.57. The molecule has 0 saturated heterocycles. The van der Waals surface area contributed by atoms with E-state index in [9.17, 15) is 0 Å².